The predicted molar refractivity (Wildman–Crippen MR) is 92.9 cm³/mol. The van der Waals surface area contributed by atoms with Crippen LogP contribution >= 0.6 is 15.9 Å². The zero-order chi connectivity index (χ0) is 16.4. The van der Waals surface area contributed by atoms with E-state index in [0.29, 0.717) is 23.5 Å². The SMILES string of the molecule is CC(C)(C)Oc1nc2c(OCc3ccccc3)ccc(Br)c2o1. The number of halogens is 1. The molecule has 1 aromatic heterocycles. The van der Waals surface area contributed by atoms with Gasteiger partial charge in [0.05, 0.1) is 4.47 Å². The van der Waals surface area contributed by atoms with Crippen molar-refractivity contribution < 1.29 is 13.9 Å². The molecule has 0 saturated carbocycles. The van der Waals surface area contributed by atoms with E-state index in [0.717, 1.165) is 10.0 Å². The highest BCUT2D eigenvalue weighted by molar-refractivity contribution is 9.10. The van der Waals surface area contributed by atoms with Gasteiger partial charge in [-0.3, -0.25) is 0 Å². The highest BCUT2D eigenvalue weighted by Gasteiger charge is 2.20. The van der Waals surface area contributed by atoms with E-state index in [1.165, 1.54) is 0 Å². The minimum Gasteiger partial charge on any atom is -0.486 e. The number of aromatic nitrogens is 1. The van der Waals surface area contributed by atoms with E-state index in [-0.39, 0.29) is 11.7 Å². The zero-order valence-electron chi connectivity index (χ0n) is 13.3. The third kappa shape index (κ3) is 3.85. The van der Waals surface area contributed by atoms with Crippen molar-refractivity contribution >= 4 is 27.0 Å². The minimum atomic E-state index is -0.377. The lowest BCUT2D eigenvalue weighted by atomic mass is 10.2. The van der Waals surface area contributed by atoms with Crippen LogP contribution in [0.15, 0.2) is 51.4 Å². The van der Waals surface area contributed by atoms with Crippen LogP contribution in [0.2, 0.25) is 0 Å². The second kappa shape index (κ2) is 6.24. The van der Waals surface area contributed by atoms with E-state index in [1.54, 1.807) is 0 Å². The molecule has 0 fully saturated rings. The largest absolute Gasteiger partial charge is 0.486 e. The van der Waals surface area contributed by atoms with E-state index < -0.39 is 0 Å². The summed E-state index contributed by atoms with van der Waals surface area (Å²) in [5, 5.41) is 0. The van der Waals surface area contributed by atoms with Gasteiger partial charge in [-0.25, -0.2) is 0 Å². The van der Waals surface area contributed by atoms with Gasteiger partial charge in [-0.1, -0.05) is 30.3 Å². The summed E-state index contributed by atoms with van der Waals surface area (Å²) in [6, 6.07) is 13.8. The highest BCUT2D eigenvalue weighted by Crippen LogP contribution is 2.35. The normalized spacial score (nSPS) is 11.7. The zero-order valence-corrected chi connectivity index (χ0v) is 14.9. The van der Waals surface area contributed by atoms with Crippen LogP contribution in [0.3, 0.4) is 0 Å². The second-order valence-corrected chi connectivity index (χ2v) is 7.05. The molecule has 120 valence electrons. The Morgan fingerprint density at radius 1 is 1.09 bits per heavy atom. The molecule has 0 saturated heterocycles. The summed E-state index contributed by atoms with van der Waals surface area (Å²) in [6.07, 6.45) is 0.240. The molecule has 0 unspecified atom stereocenters. The average Bonchev–Trinajstić information content (AvgIpc) is 2.90. The van der Waals surface area contributed by atoms with Gasteiger partial charge in [-0.05, 0) is 54.4 Å². The summed E-state index contributed by atoms with van der Waals surface area (Å²) in [5.41, 5.74) is 1.99. The molecule has 0 aliphatic heterocycles. The molecule has 0 amide bonds. The Balaban J connectivity index is 1.89. The fraction of sp³-hybridized carbons (Fsp3) is 0.278. The third-order valence-electron chi connectivity index (χ3n) is 3.07. The number of hydrogen-bond acceptors (Lipinski definition) is 4. The molecule has 4 nitrogen and oxygen atoms in total. The number of benzene rings is 2. The van der Waals surface area contributed by atoms with Crippen LogP contribution < -0.4 is 9.47 Å². The van der Waals surface area contributed by atoms with Gasteiger partial charge < -0.3 is 13.9 Å². The van der Waals surface area contributed by atoms with Gasteiger partial charge in [0.1, 0.15) is 18.0 Å². The quantitative estimate of drug-likeness (QED) is 0.616. The van der Waals surface area contributed by atoms with Crippen LogP contribution in [-0.4, -0.2) is 10.6 Å². The van der Waals surface area contributed by atoms with Crippen molar-refractivity contribution in [2.45, 2.75) is 33.0 Å². The molecular weight excluding hydrogens is 358 g/mol. The van der Waals surface area contributed by atoms with Gasteiger partial charge in [0, 0.05) is 0 Å². The Bertz CT molecular complexity index is 806. The molecule has 23 heavy (non-hydrogen) atoms. The monoisotopic (exact) mass is 375 g/mol. The number of hydrogen-bond donors (Lipinski definition) is 0. The molecule has 3 aromatic rings. The molecular formula is C18H18BrNO3. The maximum atomic E-state index is 5.90. The molecule has 0 aliphatic rings. The molecule has 3 rings (SSSR count). The highest BCUT2D eigenvalue weighted by atomic mass is 79.9. The van der Waals surface area contributed by atoms with Crippen molar-refractivity contribution in [3.05, 3.63) is 52.5 Å². The van der Waals surface area contributed by atoms with Crippen molar-refractivity contribution in [1.29, 1.82) is 0 Å². The van der Waals surface area contributed by atoms with Crippen LogP contribution in [0.1, 0.15) is 26.3 Å². The second-order valence-electron chi connectivity index (χ2n) is 6.19. The average molecular weight is 376 g/mol. The fourth-order valence-corrected chi connectivity index (χ4v) is 2.49. The Morgan fingerprint density at radius 2 is 1.83 bits per heavy atom. The van der Waals surface area contributed by atoms with Crippen molar-refractivity contribution in [2.24, 2.45) is 0 Å². The number of oxazole rings is 1. The third-order valence-corrected chi connectivity index (χ3v) is 3.69. The summed E-state index contributed by atoms with van der Waals surface area (Å²) in [4.78, 5) is 4.43. The van der Waals surface area contributed by atoms with Gasteiger partial charge in [-0.2, -0.15) is 4.98 Å². The van der Waals surface area contributed by atoms with Gasteiger partial charge in [0.2, 0.25) is 0 Å². The summed E-state index contributed by atoms with van der Waals surface area (Å²) in [5.74, 6) is 0.666. The van der Waals surface area contributed by atoms with Gasteiger partial charge in [0.25, 0.3) is 0 Å². The Labute approximate surface area is 143 Å². The number of ether oxygens (including phenoxy) is 2. The molecule has 1 heterocycles. The molecule has 0 atom stereocenters. The van der Waals surface area contributed by atoms with E-state index in [9.17, 15) is 0 Å². The Hall–Kier alpha value is -2.01. The fourth-order valence-electron chi connectivity index (χ4n) is 2.09. The summed E-state index contributed by atoms with van der Waals surface area (Å²) in [7, 11) is 0. The molecule has 0 N–H and O–H groups in total. The number of rotatable bonds is 4. The van der Waals surface area contributed by atoms with Crippen LogP contribution in [0, 0.1) is 0 Å². The molecule has 0 bridgehead atoms. The topological polar surface area (TPSA) is 44.5 Å². The number of nitrogens with zero attached hydrogens (tertiary/aromatic N) is 1. The van der Waals surface area contributed by atoms with E-state index >= 15 is 0 Å². The lowest BCUT2D eigenvalue weighted by Crippen LogP contribution is -2.23. The van der Waals surface area contributed by atoms with E-state index in [1.807, 2.05) is 63.2 Å². The first-order valence-electron chi connectivity index (χ1n) is 7.37. The molecule has 2 aromatic carbocycles. The summed E-state index contributed by atoms with van der Waals surface area (Å²) >= 11 is 3.48. The minimum absolute atomic E-state index is 0.240. The Kier molecular flexibility index (Phi) is 4.31. The maximum Gasteiger partial charge on any atom is 0.395 e. The van der Waals surface area contributed by atoms with Crippen molar-refractivity contribution in [1.82, 2.24) is 4.98 Å². The van der Waals surface area contributed by atoms with Crippen molar-refractivity contribution in [3.8, 4) is 11.8 Å². The van der Waals surface area contributed by atoms with Crippen LogP contribution in [0.5, 0.6) is 11.8 Å². The standard InChI is InChI=1S/C18H18BrNO3/c1-18(2,3)23-17-20-15-14(10-9-13(19)16(15)22-17)21-11-12-7-5-4-6-8-12/h4-10H,11H2,1-3H3. The van der Waals surface area contributed by atoms with E-state index in [2.05, 4.69) is 20.9 Å². The maximum absolute atomic E-state index is 5.90. The first-order chi connectivity index (χ1) is 10.9. The van der Waals surface area contributed by atoms with Crippen LogP contribution in [0.4, 0.5) is 0 Å². The van der Waals surface area contributed by atoms with Crippen LogP contribution in [-0.2, 0) is 6.61 Å². The van der Waals surface area contributed by atoms with Gasteiger partial charge >= 0.3 is 6.08 Å². The first-order valence-corrected chi connectivity index (χ1v) is 8.16. The number of fused-ring (bicyclic) bond motifs is 1. The van der Waals surface area contributed by atoms with Gasteiger partial charge in [-0.15, -0.1) is 0 Å². The van der Waals surface area contributed by atoms with Crippen LogP contribution in [0.25, 0.3) is 11.1 Å². The first kappa shape index (κ1) is 15.9. The van der Waals surface area contributed by atoms with Gasteiger partial charge in [0.15, 0.2) is 11.1 Å². The Morgan fingerprint density at radius 3 is 2.52 bits per heavy atom. The molecule has 0 aliphatic carbocycles. The van der Waals surface area contributed by atoms with E-state index in [4.69, 9.17) is 13.9 Å². The molecule has 0 spiro atoms. The predicted octanol–water partition coefficient (Wildman–Crippen LogP) is 5.35. The lowest BCUT2D eigenvalue weighted by Gasteiger charge is -2.17. The summed E-state index contributed by atoms with van der Waals surface area (Å²) in [6.45, 7) is 6.32. The lowest BCUT2D eigenvalue weighted by molar-refractivity contribution is 0.0900. The molecule has 0 radical (unpaired) electrons. The smallest absolute Gasteiger partial charge is 0.395 e. The van der Waals surface area contributed by atoms with Crippen molar-refractivity contribution in [2.75, 3.05) is 0 Å². The van der Waals surface area contributed by atoms with Crippen molar-refractivity contribution in [3.63, 3.8) is 0 Å². The molecule has 5 heteroatoms. The summed E-state index contributed by atoms with van der Waals surface area (Å²) < 4.78 is 18.1.